The van der Waals surface area contributed by atoms with Gasteiger partial charge in [0.15, 0.2) is 5.16 Å². The molecule has 1 aromatic heterocycles. The van der Waals surface area contributed by atoms with Gasteiger partial charge in [-0.3, -0.25) is 9.36 Å². The zero-order valence-corrected chi connectivity index (χ0v) is 15.3. The number of hydrogen-bond acceptors (Lipinski definition) is 4. The van der Waals surface area contributed by atoms with Gasteiger partial charge in [-0.2, -0.15) is 14.0 Å². The first-order valence-electron chi connectivity index (χ1n) is 8.54. The summed E-state index contributed by atoms with van der Waals surface area (Å²) in [5.74, 6) is -0.276. The molecule has 1 saturated carbocycles. The van der Waals surface area contributed by atoms with E-state index in [0.717, 1.165) is 35.6 Å². The second-order valence-electron chi connectivity index (χ2n) is 6.48. The Morgan fingerprint density at radius 2 is 2.08 bits per heavy atom. The van der Waals surface area contributed by atoms with E-state index < -0.39 is 12.1 Å². The average Bonchev–Trinajstić information content (AvgIpc) is 3.04. The number of carbonyl (C=O) groups is 1. The molecule has 26 heavy (non-hydrogen) atoms. The van der Waals surface area contributed by atoms with Gasteiger partial charge in [0.25, 0.3) is 0 Å². The van der Waals surface area contributed by atoms with E-state index in [-0.39, 0.29) is 16.8 Å². The normalized spacial score (nSPS) is 16.6. The van der Waals surface area contributed by atoms with Crippen molar-refractivity contribution in [3.05, 3.63) is 24.3 Å². The highest BCUT2D eigenvalue weighted by atomic mass is 32.2. The Hall–Kier alpha value is -2.14. The Kier molecular flexibility index (Phi) is 5.47. The third kappa shape index (κ3) is 3.40. The van der Waals surface area contributed by atoms with Crippen molar-refractivity contribution in [2.24, 2.45) is 0 Å². The first-order valence-corrected chi connectivity index (χ1v) is 9.53. The van der Waals surface area contributed by atoms with Crippen LogP contribution in [0.15, 0.2) is 29.4 Å². The molecular weight excluding hydrogens is 358 g/mol. The number of aromatic nitrogens is 2. The summed E-state index contributed by atoms with van der Waals surface area (Å²) >= 11 is 0.982. The topological polar surface area (TPSA) is 61.9 Å². The first kappa shape index (κ1) is 18.6. The Bertz CT molecular complexity index is 839. The lowest BCUT2D eigenvalue weighted by Crippen LogP contribution is -2.50. The molecule has 0 atom stereocenters. The molecule has 0 N–H and O–H groups in total. The summed E-state index contributed by atoms with van der Waals surface area (Å²) in [6.07, 6.45) is 4.22. The molecule has 1 amide bonds. The molecule has 0 unspecified atom stereocenters. The fraction of sp³-hybridized carbons (Fsp3) is 0.500. The van der Waals surface area contributed by atoms with Crippen LogP contribution in [0.2, 0.25) is 0 Å². The molecule has 1 heterocycles. The molecule has 138 valence electrons. The van der Waals surface area contributed by atoms with E-state index in [1.807, 2.05) is 0 Å². The zero-order chi connectivity index (χ0) is 18.7. The Labute approximate surface area is 155 Å². The number of thioether (sulfide) groups is 1. The van der Waals surface area contributed by atoms with Crippen molar-refractivity contribution < 1.29 is 13.6 Å². The van der Waals surface area contributed by atoms with Crippen LogP contribution in [-0.4, -0.2) is 38.7 Å². The van der Waals surface area contributed by atoms with Crippen molar-refractivity contribution in [1.29, 1.82) is 5.26 Å². The molecule has 2 aromatic rings. The summed E-state index contributed by atoms with van der Waals surface area (Å²) in [6.45, 7) is -2.73. The summed E-state index contributed by atoms with van der Waals surface area (Å²) in [5.41, 5.74) is 0.0297. The van der Waals surface area contributed by atoms with E-state index in [1.54, 1.807) is 31.3 Å². The summed E-state index contributed by atoms with van der Waals surface area (Å²) in [6, 6.07) is 8.96. The minimum atomic E-state index is -2.73. The Balaban J connectivity index is 1.76. The van der Waals surface area contributed by atoms with Gasteiger partial charge in [0, 0.05) is 7.05 Å². The van der Waals surface area contributed by atoms with Crippen molar-refractivity contribution >= 4 is 28.7 Å². The van der Waals surface area contributed by atoms with Crippen LogP contribution in [0.3, 0.4) is 0 Å². The number of fused-ring (bicyclic) bond motifs is 1. The summed E-state index contributed by atoms with van der Waals surface area (Å²) < 4.78 is 27.7. The molecule has 5 nitrogen and oxygen atoms in total. The highest BCUT2D eigenvalue weighted by molar-refractivity contribution is 7.99. The number of carbonyl (C=O) groups excluding carboxylic acids is 1. The first-order chi connectivity index (χ1) is 12.5. The van der Waals surface area contributed by atoms with E-state index >= 15 is 0 Å². The van der Waals surface area contributed by atoms with Gasteiger partial charge in [0.2, 0.25) is 5.91 Å². The van der Waals surface area contributed by atoms with Crippen LogP contribution in [0.1, 0.15) is 38.7 Å². The number of imidazole rings is 1. The van der Waals surface area contributed by atoms with E-state index in [9.17, 15) is 18.8 Å². The fourth-order valence-corrected chi connectivity index (χ4v) is 4.36. The average molecular weight is 378 g/mol. The third-order valence-electron chi connectivity index (χ3n) is 4.99. The van der Waals surface area contributed by atoms with Gasteiger partial charge in [0.05, 0.1) is 22.9 Å². The van der Waals surface area contributed by atoms with Crippen LogP contribution in [0.4, 0.5) is 8.78 Å². The van der Waals surface area contributed by atoms with Crippen LogP contribution < -0.4 is 0 Å². The van der Waals surface area contributed by atoms with Crippen molar-refractivity contribution in [2.75, 3.05) is 12.8 Å². The third-order valence-corrected chi connectivity index (χ3v) is 5.93. The Morgan fingerprint density at radius 1 is 1.38 bits per heavy atom. The minimum Gasteiger partial charge on any atom is -0.326 e. The van der Waals surface area contributed by atoms with Gasteiger partial charge in [0.1, 0.15) is 5.54 Å². The molecule has 1 fully saturated rings. The van der Waals surface area contributed by atoms with Crippen LogP contribution in [0.25, 0.3) is 11.0 Å². The van der Waals surface area contributed by atoms with Crippen LogP contribution in [0.5, 0.6) is 0 Å². The van der Waals surface area contributed by atoms with Crippen LogP contribution in [-0.2, 0) is 4.79 Å². The molecule has 0 spiro atoms. The molecule has 1 aromatic carbocycles. The number of alkyl halides is 2. The lowest BCUT2D eigenvalue weighted by atomic mass is 9.81. The van der Waals surface area contributed by atoms with Crippen molar-refractivity contribution in [3.63, 3.8) is 0 Å². The van der Waals surface area contributed by atoms with E-state index in [4.69, 9.17) is 0 Å². The van der Waals surface area contributed by atoms with E-state index in [0.29, 0.717) is 23.9 Å². The highest BCUT2D eigenvalue weighted by Crippen LogP contribution is 2.34. The summed E-state index contributed by atoms with van der Waals surface area (Å²) in [5, 5.41) is 9.70. The second-order valence-corrected chi connectivity index (χ2v) is 7.42. The molecule has 0 aliphatic heterocycles. The number of rotatable bonds is 5. The summed E-state index contributed by atoms with van der Waals surface area (Å²) in [7, 11) is 1.63. The Morgan fingerprint density at radius 3 is 2.73 bits per heavy atom. The minimum absolute atomic E-state index is 0.0318. The predicted octanol–water partition coefficient (Wildman–Crippen LogP) is 4.21. The predicted molar refractivity (Wildman–Crippen MR) is 95.9 cm³/mol. The quantitative estimate of drug-likeness (QED) is 0.731. The molecular formula is C18H20F2N4OS. The maximum Gasteiger partial charge on any atom is 0.321 e. The van der Waals surface area contributed by atoms with Crippen LogP contribution in [0, 0.1) is 11.3 Å². The molecule has 0 radical (unpaired) electrons. The van der Waals surface area contributed by atoms with Crippen molar-refractivity contribution in [3.8, 4) is 6.07 Å². The van der Waals surface area contributed by atoms with Crippen molar-refractivity contribution in [2.45, 2.75) is 49.3 Å². The SMILES string of the molecule is CN(C(=O)CSc1nc2ccccc2n1C(F)F)C1(C#N)CCCCC1. The lowest BCUT2D eigenvalue weighted by molar-refractivity contribution is -0.131. The standard InChI is InChI=1S/C18H20F2N4OS/c1-23(18(12-21)9-5-2-6-10-18)15(25)11-26-17-22-13-7-3-4-8-14(13)24(17)16(19)20/h3-4,7-8,16H,2,5-6,9-11H2,1H3. The fourth-order valence-electron chi connectivity index (χ4n) is 3.43. The van der Waals surface area contributed by atoms with Gasteiger partial charge >= 0.3 is 6.55 Å². The zero-order valence-electron chi connectivity index (χ0n) is 14.5. The van der Waals surface area contributed by atoms with Gasteiger partial charge in [-0.1, -0.05) is 43.2 Å². The smallest absolute Gasteiger partial charge is 0.321 e. The number of nitriles is 1. The second kappa shape index (κ2) is 7.62. The van der Waals surface area contributed by atoms with E-state index in [1.165, 1.54) is 4.90 Å². The molecule has 1 aliphatic rings. The highest BCUT2D eigenvalue weighted by Gasteiger charge is 2.38. The van der Waals surface area contributed by atoms with Crippen molar-refractivity contribution in [1.82, 2.24) is 14.5 Å². The monoisotopic (exact) mass is 378 g/mol. The number of benzene rings is 1. The largest absolute Gasteiger partial charge is 0.326 e. The number of para-hydroxylation sites is 2. The molecule has 1 aliphatic carbocycles. The maximum absolute atomic E-state index is 13.5. The van der Waals surface area contributed by atoms with Crippen LogP contribution >= 0.6 is 11.8 Å². The molecule has 3 rings (SSSR count). The van der Waals surface area contributed by atoms with Gasteiger partial charge in [-0.05, 0) is 25.0 Å². The van der Waals surface area contributed by atoms with Gasteiger partial charge in [-0.25, -0.2) is 4.98 Å². The number of nitrogens with zero attached hydrogens (tertiary/aromatic N) is 4. The summed E-state index contributed by atoms with van der Waals surface area (Å²) in [4.78, 5) is 18.3. The molecule has 0 bridgehead atoms. The number of amides is 1. The molecule has 0 saturated heterocycles. The van der Waals surface area contributed by atoms with Gasteiger partial charge in [-0.15, -0.1) is 0 Å². The number of halogens is 2. The lowest BCUT2D eigenvalue weighted by Gasteiger charge is -2.39. The number of hydrogen-bond donors (Lipinski definition) is 0. The van der Waals surface area contributed by atoms with Gasteiger partial charge < -0.3 is 4.90 Å². The maximum atomic E-state index is 13.5. The molecule has 8 heteroatoms. The van der Waals surface area contributed by atoms with E-state index in [2.05, 4.69) is 11.1 Å².